The molecule has 0 saturated carbocycles. The van der Waals surface area contributed by atoms with Crippen molar-refractivity contribution in [2.24, 2.45) is 4.99 Å². The SMILES string of the molecule is C[S@](=N)(=O)N1CCC(Nc2nonc2C(=N[C@H]2Cc3ccc(F)cc32)NO)CC1. The summed E-state index contributed by atoms with van der Waals surface area (Å²) < 4.78 is 39.5. The zero-order valence-electron chi connectivity index (χ0n) is 15.8. The minimum absolute atomic E-state index is 0.0251. The van der Waals surface area contributed by atoms with Crippen LogP contribution in [-0.4, -0.2) is 55.3 Å². The standard InChI is InChI=1S/C17H22FN7O3S/c1-29(19,27)25-6-4-12(5-7-25)20-17-15(23-28-24-17)16(22-26)21-14-8-10-2-3-11(18)9-13(10)14/h2-3,9,12,14,19,26H,4-8H2,1H3,(H,20,24)(H,21,22)/t14-,29+/m0/s1. The van der Waals surface area contributed by atoms with Gasteiger partial charge in [-0.25, -0.2) is 22.3 Å². The first-order chi connectivity index (χ1) is 13.8. The second-order valence-electron chi connectivity index (χ2n) is 7.26. The quantitative estimate of drug-likeness (QED) is 0.326. The summed E-state index contributed by atoms with van der Waals surface area (Å²) in [6.45, 7) is 1.06. The van der Waals surface area contributed by atoms with Crippen molar-refractivity contribution in [1.29, 1.82) is 4.78 Å². The van der Waals surface area contributed by atoms with Gasteiger partial charge in [-0.2, -0.15) is 0 Å². The molecule has 156 valence electrons. The van der Waals surface area contributed by atoms with Crippen LogP contribution in [0.3, 0.4) is 0 Å². The van der Waals surface area contributed by atoms with E-state index in [1.807, 2.05) is 5.48 Å². The van der Waals surface area contributed by atoms with E-state index in [-0.39, 0.29) is 29.4 Å². The molecule has 1 fully saturated rings. The molecule has 0 radical (unpaired) electrons. The van der Waals surface area contributed by atoms with Crippen molar-refractivity contribution in [1.82, 2.24) is 20.1 Å². The molecule has 2 aromatic rings. The minimum Gasteiger partial charge on any atom is -0.362 e. The number of rotatable bonds is 5. The van der Waals surface area contributed by atoms with Gasteiger partial charge in [0.2, 0.25) is 5.82 Å². The molecular formula is C17H22FN7O3S. The molecule has 0 spiro atoms. The van der Waals surface area contributed by atoms with E-state index in [1.54, 1.807) is 10.4 Å². The molecule has 4 rings (SSSR count). The molecular weight excluding hydrogens is 401 g/mol. The predicted molar refractivity (Wildman–Crippen MR) is 104 cm³/mol. The highest BCUT2D eigenvalue weighted by molar-refractivity contribution is 7.89. The Kier molecular flexibility index (Phi) is 5.23. The lowest BCUT2D eigenvalue weighted by molar-refractivity contribution is 0.232. The van der Waals surface area contributed by atoms with E-state index >= 15 is 0 Å². The van der Waals surface area contributed by atoms with Crippen molar-refractivity contribution in [3.8, 4) is 0 Å². The first kappa shape index (κ1) is 19.7. The Bertz CT molecular complexity index is 1030. The van der Waals surface area contributed by atoms with Crippen molar-refractivity contribution >= 4 is 21.6 Å². The summed E-state index contributed by atoms with van der Waals surface area (Å²) in [7, 11) is -2.70. The van der Waals surface area contributed by atoms with E-state index in [0.29, 0.717) is 38.2 Å². The van der Waals surface area contributed by atoms with Crippen LogP contribution in [0.1, 0.15) is 35.7 Å². The van der Waals surface area contributed by atoms with Gasteiger partial charge in [-0.1, -0.05) is 6.07 Å². The molecule has 4 N–H and O–H groups in total. The van der Waals surface area contributed by atoms with Crippen LogP contribution in [-0.2, 0) is 16.3 Å². The number of hydroxylamine groups is 1. The summed E-state index contributed by atoms with van der Waals surface area (Å²) >= 11 is 0. The lowest BCUT2D eigenvalue weighted by Crippen LogP contribution is -2.41. The maximum Gasteiger partial charge on any atom is 0.202 e. The van der Waals surface area contributed by atoms with Gasteiger partial charge >= 0.3 is 0 Å². The molecule has 2 heterocycles. The first-order valence-corrected chi connectivity index (χ1v) is 11.1. The smallest absolute Gasteiger partial charge is 0.202 e. The summed E-state index contributed by atoms with van der Waals surface area (Å²) in [5, 5.41) is 20.5. The monoisotopic (exact) mass is 423 g/mol. The Labute approximate surface area is 167 Å². The Balaban J connectivity index is 1.47. The zero-order chi connectivity index (χ0) is 20.6. The van der Waals surface area contributed by atoms with E-state index in [9.17, 15) is 13.8 Å². The fraction of sp³-hybridized carbons (Fsp3) is 0.471. The predicted octanol–water partition coefficient (Wildman–Crippen LogP) is 1.70. The van der Waals surface area contributed by atoms with Crippen LogP contribution < -0.4 is 10.8 Å². The van der Waals surface area contributed by atoms with E-state index in [1.165, 1.54) is 18.4 Å². The highest BCUT2D eigenvalue weighted by Crippen LogP contribution is 2.37. The molecule has 1 aromatic carbocycles. The van der Waals surface area contributed by atoms with Crippen LogP contribution in [0.5, 0.6) is 0 Å². The van der Waals surface area contributed by atoms with Gasteiger partial charge in [0.15, 0.2) is 11.5 Å². The molecule has 1 aliphatic carbocycles. The molecule has 0 unspecified atom stereocenters. The Morgan fingerprint density at radius 1 is 1.41 bits per heavy atom. The number of nitrogens with one attached hydrogen (secondary N) is 3. The third-order valence-corrected chi connectivity index (χ3v) is 6.62. The number of amidine groups is 1. The van der Waals surface area contributed by atoms with Gasteiger partial charge in [0.05, 0.1) is 6.04 Å². The maximum absolute atomic E-state index is 13.5. The van der Waals surface area contributed by atoms with E-state index < -0.39 is 9.92 Å². The summed E-state index contributed by atoms with van der Waals surface area (Å²) in [5.41, 5.74) is 4.05. The number of benzene rings is 1. The number of fused-ring (bicyclic) bond motifs is 1. The van der Waals surface area contributed by atoms with Crippen LogP contribution >= 0.6 is 0 Å². The Hall–Kier alpha value is -2.57. The lowest BCUT2D eigenvalue weighted by Gasteiger charge is -2.32. The van der Waals surface area contributed by atoms with Crippen molar-refractivity contribution in [2.75, 3.05) is 24.7 Å². The number of aliphatic imine (C=N–C) groups is 1. The number of anilines is 1. The molecule has 1 aromatic heterocycles. The number of nitrogens with zero attached hydrogens (tertiary/aromatic N) is 4. The van der Waals surface area contributed by atoms with Crippen LogP contribution in [0.2, 0.25) is 0 Å². The molecule has 2 atom stereocenters. The average molecular weight is 423 g/mol. The fourth-order valence-electron chi connectivity index (χ4n) is 3.64. The summed E-state index contributed by atoms with van der Waals surface area (Å²) in [6.07, 6.45) is 3.39. The number of hydrogen-bond donors (Lipinski definition) is 4. The highest BCUT2D eigenvalue weighted by atomic mass is 32.2. The molecule has 10 nitrogen and oxygen atoms in total. The van der Waals surface area contributed by atoms with Gasteiger partial charge in [0.1, 0.15) is 15.7 Å². The molecule has 12 heteroatoms. The lowest BCUT2D eigenvalue weighted by atomic mass is 9.83. The van der Waals surface area contributed by atoms with Crippen LogP contribution in [0, 0.1) is 10.6 Å². The molecule has 0 bridgehead atoms. The molecule has 29 heavy (non-hydrogen) atoms. The largest absolute Gasteiger partial charge is 0.362 e. The molecule has 0 amide bonds. The van der Waals surface area contributed by atoms with Gasteiger partial charge in [-0.05, 0) is 52.8 Å². The zero-order valence-corrected chi connectivity index (χ0v) is 16.6. The topological polar surface area (TPSA) is 140 Å². The second kappa shape index (κ2) is 7.69. The Morgan fingerprint density at radius 3 is 2.86 bits per heavy atom. The molecule has 1 saturated heterocycles. The number of halogens is 1. The molecule has 1 aliphatic heterocycles. The average Bonchev–Trinajstić information content (AvgIpc) is 3.12. The molecule has 2 aliphatic rings. The van der Waals surface area contributed by atoms with Gasteiger partial charge in [0, 0.05) is 25.4 Å². The van der Waals surface area contributed by atoms with Gasteiger partial charge < -0.3 is 5.32 Å². The second-order valence-corrected chi connectivity index (χ2v) is 9.39. The minimum atomic E-state index is -2.70. The Morgan fingerprint density at radius 2 is 2.17 bits per heavy atom. The van der Waals surface area contributed by atoms with Crippen molar-refractivity contribution < 1.29 is 18.4 Å². The first-order valence-electron chi connectivity index (χ1n) is 9.19. The van der Waals surface area contributed by atoms with E-state index in [2.05, 4.69) is 20.6 Å². The number of aromatic nitrogens is 2. The van der Waals surface area contributed by atoms with Crippen molar-refractivity contribution in [3.05, 3.63) is 40.8 Å². The highest BCUT2D eigenvalue weighted by Gasteiger charge is 2.29. The van der Waals surface area contributed by atoms with Gasteiger partial charge in [-0.15, -0.1) is 0 Å². The van der Waals surface area contributed by atoms with Crippen LogP contribution in [0.15, 0.2) is 27.8 Å². The van der Waals surface area contributed by atoms with E-state index in [4.69, 9.17) is 9.41 Å². The van der Waals surface area contributed by atoms with Crippen molar-refractivity contribution in [2.45, 2.75) is 31.3 Å². The summed E-state index contributed by atoms with van der Waals surface area (Å²) in [4.78, 5) is 4.44. The summed E-state index contributed by atoms with van der Waals surface area (Å²) in [6, 6.07) is 4.31. The van der Waals surface area contributed by atoms with Crippen LogP contribution in [0.4, 0.5) is 10.2 Å². The van der Waals surface area contributed by atoms with Gasteiger partial charge in [-0.3, -0.25) is 15.7 Å². The number of piperidine rings is 1. The van der Waals surface area contributed by atoms with E-state index in [0.717, 1.165) is 11.1 Å². The number of hydrogen-bond acceptors (Lipinski definition) is 8. The third kappa shape index (κ3) is 4.09. The normalized spacial score (nSPS) is 22.4. The van der Waals surface area contributed by atoms with Gasteiger partial charge in [0.25, 0.3) is 0 Å². The third-order valence-electron chi connectivity index (χ3n) is 5.27. The maximum atomic E-state index is 13.5. The van der Waals surface area contributed by atoms with Crippen molar-refractivity contribution in [3.63, 3.8) is 0 Å². The summed E-state index contributed by atoms with van der Waals surface area (Å²) in [5.74, 6) is 0.0714. The van der Waals surface area contributed by atoms with Crippen LogP contribution in [0.25, 0.3) is 0 Å². The fourth-order valence-corrected chi connectivity index (χ4v) is 4.55.